The second-order valence-corrected chi connectivity index (χ2v) is 4.96. The minimum atomic E-state index is -0.154. The van der Waals surface area contributed by atoms with Gasteiger partial charge in [0.15, 0.2) is 11.5 Å². The summed E-state index contributed by atoms with van der Waals surface area (Å²) in [7, 11) is 1.65. The number of rotatable bonds is 6. The molecule has 0 saturated heterocycles. The van der Waals surface area contributed by atoms with Crippen LogP contribution in [0.5, 0.6) is 11.5 Å². The SMILES string of the molecule is COc1cc(C)c(C(N)CN)cc1OCC1CC1. The maximum atomic E-state index is 6.00. The third kappa shape index (κ3) is 2.94. The lowest BCUT2D eigenvalue weighted by Gasteiger charge is -2.17. The van der Waals surface area contributed by atoms with Crippen LogP contribution in [0.2, 0.25) is 0 Å². The molecular weight excluding hydrogens is 228 g/mol. The van der Waals surface area contributed by atoms with Gasteiger partial charge >= 0.3 is 0 Å². The standard InChI is InChI=1S/C14H22N2O2/c1-9-5-13(17-2)14(18-8-10-3-4-10)6-11(9)12(16)7-15/h5-6,10,12H,3-4,7-8,15-16H2,1-2H3. The van der Waals surface area contributed by atoms with E-state index in [1.807, 2.05) is 19.1 Å². The summed E-state index contributed by atoms with van der Waals surface area (Å²) in [4.78, 5) is 0. The first-order valence-electron chi connectivity index (χ1n) is 6.42. The van der Waals surface area contributed by atoms with Crippen molar-refractivity contribution in [2.45, 2.75) is 25.8 Å². The van der Waals surface area contributed by atoms with Crippen LogP contribution in [0, 0.1) is 12.8 Å². The Hall–Kier alpha value is -1.26. The molecule has 1 fully saturated rings. The molecule has 18 heavy (non-hydrogen) atoms. The van der Waals surface area contributed by atoms with Gasteiger partial charge < -0.3 is 20.9 Å². The van der Waals surface area contributed by atoms with Crippen LogP contribution in [0.3, 0.4) is 0 Å². The van der Waals surface area contributed by atoms with Crippen molar-refractivity contribution >= 4 is 0 Å². The number of hydrogen-bond acceptors (Lipinski definition) is 4. The normalized spacial score (nSPS) is 16.4. The molecular formula is C14H22N2O2. The minimum absolute atomic E-state index is 0.154. The molecule has 0 radical (unpaired) electrons. The van der Waals surface area contributed by atoms with Crippen molar-refractivity contribution in [3.05, 3.63) is 23.3 Å². The fourth-order valence-corrected chi connectivity index (χ4v) is 1.97. The first kappa shape index (κ1) is 13.2. The molecule has 0 aromatic heterocycles. The molecule has 1 aromatic rings. The van der Waals surface area contributed by atoms with Gasteiger partial charge in [-0.25, -0.2) is 0 Å². The van der Waals surface area contributed by atoms with Crippen molar-refractivity contribution in [2.75, 3.05) is 20.3 Å². The highest BCUT2D eigenvalue weighted by Gasteiger charge is 2.23. The Bertz CT molecular complexity index is 417. The van der Waals surface area contributed by atoms with Gasteiger partial charge in [0, 0.05) is 12.6 Å². The Morgan fingerprint density at radius 2 is 2.06 bits per heavy atom. The van der Waals surface area contributed by atoms with Gasteiger partial charge in [-0.1, -0.05) is 0 Å². The number of methoxy groups -OCH3 is 1. The van der Waals surface area contributed by atoms with Gasteiger partial charge in [-0.05, 0) is 48.9 Å². The average molecular weight is 250 g/mol. The molecule has 1 unspecified atom stereocenters. The Labute approximate surface area is 108 Å². The fourth-order valence-electron chi connectivity index (χ4n) is 1.97. The number of aryl methyl sites for hydroxylation is 1. The van der Waals surface area contributed by atoms with Crippen LogP contribution in [-0.2, 0) is 0 Å². The Balaban J connectivity index is 2.22. The second kappa shape index (κ2) is 5.59. The van der Waals surface area contributed by atoms with E-state index in [4.69, 9.17) is 20.9 Å². The summed E-state index contributed by atoms with van der Waals surface area (Å²) in [5.74, 6) is 2.25. The van der Waals surface area contributed by atoms with Crippen LogP contribution in [0.15, 0.2) is 12.1 Å². The van der Waals surface area contributed by atoms with E-state index in [0.717, 1.165) is 29.2 Å². The third-order valence-electron chi connectivity index (χ3n) is 3.38. The molecule has 0 amide bonds. The summed E-state index contributed by atoms with van der Waals surface area (Å²) in [6.45, 7) is 3.20. The van der Waals surface area contributed by atoms with Gasteiger partial charge in [0.2, 0.25) is 0 Å². The molecule has 4 nitrogen and oxygen atoms in total. The van der Waals surface area contributed by atoms with Crippen molar-refractivity contribution in [1.29, 1.82) is 0 Å². The molecule has 0 bridgehead atoms. The van der Waals surface area contributed by atoms with Crippen molar-refractivity contribution < 1.29 is 9.47 Å². The molecule has 1 aromatic carbocycles. The van der Waals surface area contributed by atoms with Crippen LogP contribution < -0.4 is 20.9 Å². The molecule has 1 aliphatic carbocycles. The Morgan fingerprint density at radius 3 is 2.61 bits per heavy atom. The lowest BCUT2D eigenvalue weighted by atomic mass is 10.0. The van der Waals surface area contributed by atoms with Crippen LogP contribution in [0.1, 0.15) is 30.0 Å². The highest BCUT2D eigenvalue weighted by atomic mass is 16.5. The van der Waals surface area contributed by atoms with Gasteiger partial charge in [0.25, 0.3) is 0 Å². The van der Waals surface area contributed by atoms with Crippen molar-refractivity contribution in [1.82, 2.24) is 0 Å². The van der Waals surface area contributed by atoms with Crippen molar-refractivity contribution in [3.8, 4) is 11.5 Å². The first-order chi connectivity index (χ1) is 8.65. The van der Waals surface area contributed by atoms with E-state index in [0.29, 0.717) is 12.5 Å². The maximum Gasteiger partial charge on any atom is 0.161 e. The molecule has 100 valence electrons. The van der Waals surface area contributed by atoms with Gasteiger partial charge in [-0.3, -0.25) is 0 Å². The van der Waals surface area contributed by atoms with Crippen molar-refractivity contribution in [3.63, 3.8) is 0 Å². The third-order valence-corrected chi connectivity index (χ3v) is 3.38. The predicted octanol–water partition coefficient (Wildman–Crippen LogP) is 1.75. The molecule has 4 heteroatoms. The van der Waals surface area contributed by atoms with Gasteiger partial charge in [0.1, 0.15) is 0 Å². The van der Waals surface area contributed by atoms with Crippen molar-refractivity contribution in [2.24, 2.45) is 17.4 Å². The van der Waals surface area contributed by atoms with Crippen LogP contribution in [0.25, 0.3) is 0 Å². The summed E-state index contributed by atoms with van der Waals surface area (Å²) >= 11 is 0. The zero-order valence-electron chi connectivity index (χ0n) is 11.1. The van der Waals surface area contributed by atoms with E-state index < -0.39 is 0 Å². The lowest BCUT2D eigenvalue weighted by Crippen LogP contribution is -2.21. The van der Waals surface area contributed by atoms with Crippen LogP contribution in [0.4, 0.5) is 0 Å². The average Bonchev–Trinajstić information content (AvgIpc) is 3.20. The molecule has 0 heterocycles. The smallest absolute Gasteiger partial charge is 0.161 e. The largest absolute Gasteiger partial charge is 0.493 e. The molecule has 1 saturated carbocycles. The van der Waals surface area contributed by atoms with Crippen LogP contribution in [-0.4, -0.2) is 20.3 Å². The monoisotopic (exact) mass is 250 g/mol. The van der Waals surface area contributed by atoms with Gasteiger partial charge in [-0.2, -0.15) is 0 Å². The lowest BCUT2D eigenvalue weighted by molar-refractivity contribution is 0.280. The number of hydrogen-bond donors (Lipinski definition) is 2. The zero-order chi connectivity index (χ0) is 13.1. The second-order valence-electron chi connectivity index (χ2n) is 4.96. The first-order valence-corrected chi connectivity index (χ1v) is 6.42. The van der Waals surface area contributed by atoms with E-state index in [1.54, 1.807) is 7.11 Å². The fraction of sp³-hybridized carbons (Fsp3) is 0.571. The molecule has 1 atom stereocenters. The summed E-state index contributed by atoms with van der Waals surface area (Å²) in [6, 6.07) is 3.78. The van der Waals surface area contributed by atoms with Crippen LogP contribution >= 0.6 is 0 Å². The highest BCUT2D eigenvalue weighted by Crippen LogP contribution is 2.35. The van der Waals surface area contributed by atoms with E-state index in [9.17, 15) is 0 Å². The topological polar surface area (TPSA) is 70.5 Å². The summed E-state index contributed by atoms with van der Waals surface area (Å²) in [5, 5.41) is 0. The molecule has 2 rings (SSSR count). The van der Waals surface area contributed by atoms with E-state index in [1.165, 1.54) is 12.8 Å². The summed E-state index contributed by atoms with van der Waals surface area (Å²) < 4.78 is 11.2. The maximum absolute atomic E-state index is 6.00. The molecule has 0 aliphatic heterocycles. The molecule has 4 N–H and O–H groups in total. The molecule has 0 spiro atoms. The van der Waals surface area contributed by atoms with E-state index in [-0.39, 0.29) is 6.04 Å². The molecule has 1 aliphatic rings. The quantitative estimate of drug-likeness (QED) is 0.807. The van der Waals surface area contributed by atoms with E-state index in [2.05, 4.69) is 0 Å². The zero-order valence-corrected chi connectivity index (χ0v) is 11.1. The number of benzene rings is 1. The summed E-state index contributed by atoms with van der Waals surface area (Å²) in [6.07, 6.45) is 2.53. The number of nitrogens with two attached hydrogens (primary N) is 2. The predicted molar refractivity (Wildman–Crippen MR) is 71.9 cm³/mol. The summed E-state index contributed by atoms with van der Waals surface area (Å²) in [5.41, 5.74) is 13.7. The Kier molecular flexibility index (Phi) is 4.09. The van der Waals surface area contributed by atoms with E-state index >= 15 is 0 Å². The van der Waals surface area contributed by atoms with Gasteiger partial charge in [0.05, 0.1) is 13.7 Å². The Morgan fingerprint density at radius 1 is 1.33 bits per heavy atom. The highest BCUT2D eigenvalue weighted by molar-refractivity contribution is 5.48. The number of ether oxygens (including phenoxy) is 2. The van der Waals surface area contributed by atoms with Gasteiger partial charge in [-0.15, -0.1) is 0 Å². The minimum Gasteiger partial charge on any atom is -0.493 e.